The van der Waals surface area contributed by atoms with Crippen LogP contribution in [0.15, 0.2) is 18.2 Å². The highest BCUT2D eigenvalue weighted by Gasteiger charge is 2.30. The van der Waals surface area contributed by atoms with Gasteiger partial charge in [0, 0.05) is 18.2 Å². The van der Waals surface area contributed by atoms with Crippen molar-refractivity contribution in [3.63, 3.8) is 0 Å². The Kier molecular flexibility index (Phi) is 4.27. The lowest BCUT2D eigenvalue weighted by molar-refractivity contribution is 0.00295. The van der Waals surface area contributed by atoms with E-state index in [2.05, 4.69) is 5.32 Å². The molecule has 0 atom stereocenters. The summed E-state index contributed by atoms with van der Waals surface area (Å²) in [6.07, 6.45) is 2.28. The number of carbonyl (C=O) groups excluding carboxylic acids is 1. The maximum Gasteiger partial charge on any atom is 0.248 e. The Hall–Kier alpha value is -1.75. The van der Waals surface area contributed by atoms with Crippen molar-refractivity contribution < 1.29 is 14.3 Å². The molecule has 5 heteroatoms. The number of methoxy groups -OCH3 is 1. The molecular formula is C14H20N2O3. The number of benzene rings is 1. The quantitative estimate of drug-likeness (QED) is 0.821. The number of anilines is 1. The highest BCUT2D eigenvalue weighted by Crippen LogP contribution is 2.31. The van der Waals surface area contributed by atoms with Crippen LogP contribution in [0.5, 0.6) is 5.75 Å². The topological polar surface area (TPSA) is 73.6 Å². The van der Waals surface area contributed by atoms with Crippen LogP contribution in [0.2, 0.25) is 0 Å². The van der Waals surface area contributed by atoms with E-state index in [1.54, 1.807) is 25.3 Å². The van der Waals surface area contributed by atoms with Gasteiger partial charge >= 0.3 is 0 Å². The van der Waals surface area contributed by atoms with Gasteiger partial charge in [0.2, 0.25) is 5.91 Å². The average Bonchev–Trinajstić information content (AvgIpc) is 2.36. The number of amides is 1. The van der Waals surface area contributed by atoms with E-state index in [-0.39, 0.29) is 0 Å². The van der Waals surface area contributed by atoms with Crippen LogP contribution in [-0.2, 0) is 4.74 Å². The van der Waals surface area contributed by atoms with Gasteiger partial charge in [-0.2, -0.15) is 0 Å². The second-order valence-corrected chi connectivity index (χ2v) is 4.67. The molecule has 0 aliphatic heterocycles. The summed E-state index contributed by atoms with van der Waals surface area (Å²) in [5.74, 6) is 0.274. The summed E-state index contributed by atoms with van der Waals surface area (Å²) >= 11 is 0. The molecule has 0 saturated heterocycles. The fourth-order valence-electron chi connectivity index (χ4n) is 2.25. The van der Waals surface area contributed by atoms with E-state index in [9.17, 15) is 4.79 Å². The van der Waals surface area contributed by atoms with Crippen molar-refractivity contribution >= 4 is 11.6 Å². The standard InChI is InChI=1S/C14H20N2O3/c1-3-19-11-7-10(8-11)16-12-6-9(14(15)17)4-5-13(12)18-2/h4-6,10-11,16H,3,7-8H2,1-2H3,(H2,15,17). The van der Waals surface area contributed by atoms with Crippen molar-refractivity contribution in [3.8, 4) is 5.75 Å². The van der Waals surface area contributed by atoms with Crippen molar-refractivity contribution in [3.05, 3.63) is 23.8 Å². The predicted octanol–water partition coefficient (Wildman–Crippen LogP) is 1.77. The number of hydrogen-bond donors (Lipinski definition) is 2. The van der Waals surface area contributed by atoms with E-state index in [0.29, 0.717) is 23.5 Å². The molecule has 1 aliphatic rings. The van der Waals surface area contributed by atoms with E-state index in [1.807, 2.05) is 6.92 Å². The van der Waals surface area contributed by atoms with Gasteiger partial charge in [0.05, 0.1) is 18.9 Å². The molecule has 2 rings (SSSR count). The fourth-order valence-corrected chi connectivity index (χ4v) is 2.25. The Morgan fingerprint density at radius 1 is 1.47 bits per heavy atom. The molecule has 0 radical (unpaired) electrons. The molecule has 0 heterocycles. The molecule has 1 fully saturated rings. The lowest BCUT2D eigenvalue weighted by Crippen LogP contribution is -2.40. The van der Waals surface area contributed by atoms with Gasteiger partial charge in [-0.3, -0.25) is 4.79 Å². The van der Waals surface area contributed by atoms with Crippen molar-refractivity contribution in [1.82, 2.24) is 0 Å². The van der Waals surface area contributed by atoms with Crippen molar-refractivity contribution in [2.75, 3.05) is 19.0 Å². The molecule has 19 heavy (non-hydrogen) atoms. The summed E-state index contributed by atoms with van der Waals surface area (Å²) in [7, 11) is 1.61. The number of nitrogens with one attached hydrogen (secondary N) is 1. The van der Waals surface area contributed by atoms with Crippen LogP contribution in [0.25, 0.3) is 0 Å². The van der Waals surface area contributed by atoms with E-state index < -0.39 is 5.91 Å². The van der Waals surface area contributed by atoms with Crippen LogP contribution in [0.4, 0.5) is 5.69 Å². The summed E-state index contributed by atoms with van der Waals surface area (Å²) in [6, 6.07) is 5.50. The third kappa shape index (κ3) is 3.17. The number of ether oxygens (including phenoxy) is 2. The Labute approximate surface area is 113 Å². The summed E-state index contributed by atoms with van der Waals surface area (Å²) in [5, 5.41) is 3.37. The zero-order chi connectivity index (χ0) is 13.8. The minimum absolute atomic E-state index is 0.341. The highest BCUT2D eigenvalue weighted by molar-refractivity contribution is 5.94. The Morgan fingerprint density at radius 2 is 2.21 bits per heavy atom. The molecule has 0 bridgehead atoms. The third-order valence-electron chi connectivity index (χ3n) is 3.34. The number of nitrogens with two attached hydrogens (primary N) is 1. The predicted molar refractivity (Wildman–Crippen MR) is 73.6 cm³/mol. The SMILES string of the molecule is CCOC1CC(Nc2cc(C(N)=O)ccc2OC)C1. The Balaban J connectivity index is 2.03. The molecule has 5 nitrogen and oxygen atoms in total. The van der Waals surface area contributed by atoms with E-state index in [4.69, 9.17) is 15.2 Å². The van der Waals surface area contributed by atoms with Gasteiger partial charge in [0.1, 0.15) is 5.75 Å². The van der Waals surface area contributed by atoms with Gasteiger partial charge in [-0.25, -0.2) is 0 Å². The minimum atomic E-state index is -0.438. The molecule has 1 aromatic rings. The summed E-state index contributed by atoms with van der Waals surface area (Å²) in [4.78, 5) is 11.2. The smallest absolute Gasteiger partial charge is 0.248 e. The van der Waals surface area contributed by atoms with Crippen LogP contribution < -0.4 is 15.8 Å². The van der Waals surface area contributed by atoms with Crippen molar-refractivity contribution in [2.45, 2.75) is 31.9 Å². The number of primary amides is 1. The normalized spacial score (nSPS) is 21.6. The molecule has 1 amide bonds. The maximum atomic E-state index is 11.2. The molecule has 0 spiro atoms. The summed E-state index contributed by atoms with van der Waals surface area (Å²) < 4.78 is 10.8. The van der Waals surface area contributed by atoms with Gasteiger partial charge in [-0.1, -0.05) is 0 Å². The molecule has 0 unspecified atom stereocenters. The lowest BCUT2D eigenvalue weighted by Gasteiger charge is -2.36. The summed E-state index contributed by atoms with van der Waals surface area (Å²) in [6.45, 7) is 2.75. The molecule has 104 valence electrons. The van der Waals surface area contributed by atoms with E-state index >= 15 is 0 Å². The second-order valence-electron chi connectivity index (χ2n) is 4.67. The van der Waals surface area contributed by atoms with Crippen molar-refractivity contribution in [1.29, 1.82) is 0 Å². The minimum Gasteiger partial charge on any atom is -0.495 e. The molecule has 1 saturated carbocycles. The van der Waals surface area contributed by atoms with Crippen LogP contribution >= 0.6 is 0 Å². The highest BCUT2D eigenvalue weighted by atomic mass is 16.5. The Bertz CT molecular complexity index is 456. The molecule has 0 aromatic heterocycles. The number of carbonyl (C=O) groups is 1. The van der Waals surface area contributed by atoms with Crippen LogP contribution in [-0.4, -0.2) is 31.8 Å². The molecule has 3 N–H and O–H groups in total. The van der Waals surface area contributed by atoms with Crippen LogP contribution in [0, 0.1) is 0 Å². The molecular weight excluding hydrogens is 244 g/mol. The zero-order valence-electron chi connectivity index (χ0n) is 11.3. The van der Waals surface area contributed by atoms with Crippen molar-refractivity contribution in [2.24, 2.45) is 5.73 Å². The third-order valence-corrected chi connectivity index (χ3v) is 3.34. The largest absolute Gasteiger partial charge is 0.495 e. The maximum absolute atomic E-state index is 11.2. The molecule has 1 aromatic carbocycles. The Morgan fingerprint density at radius 3 is 2.79 bits per heavy atom. The number of hydrogen-bond acceptors (Lipinski definition) is 4. The van der Waals surface area contributed by atoms with Gasteiger partial charge in [0.15, 0.2) is 0 Å². The van der Waals surface area contributed by atoms with Gasteiger partial charge < -0.3 is 20.5 Å². The van der Waals surface area contributed by atoms with Gasteiger partial charge in [-0.05, 0) is 38.0 Å². The number of rotatable bonds is 6. The summed E-state index contributed by atoms with van der Waals surface area (Å²) in [5.41, 5.74) is 6.57. The van der Waals surface area contributed by atoms with E-state index in [0.717, 1.165) is 25.1 Å². The first kappa shape index (κ1) is 13.7. The van der Waals surface area contributed by atoms with Gasteiger partial charge in [0.25, 0.3) is 0 Å². The lowest BCUT2D eigenvalue weighted by atomic mass is 9.89. The fraction of sp³-hybridized carbons (Fsp3) is 0.500. The van der Waals surface area contributed by atoms with Crippen LogP contribution in [0.1, 0.15) is 30.1 Å². The van der Waals surface area contributed by atoms with E-state index in [1.165, 1.54) is 0 Å². The first-order chi connectivity index (χ1) is 9.13. The first-order valence-electron chi connectivity index (χ1n) is 6.50. The molecule has 1 aliphatic carbocycles. The average molecular weight is 264 g/mol. The van der Waals surface area contributed by atoms with Gasteiger partial charge in [-0.15, -0.1) is 0 Å². The first-order valence-corrected chi connectivity index (χ1v) is 6.50. The zero-order valence-corrected chi connectivity index (χ0v) is 11.3. The second kappa shape index (κ2) is 5.93. The monoisotopic (exact) mass is 264 g/mol. The van der Waals surface area contributed by atoms with Crippen LogP contribution in [0.3, 0.4) is 0 Å².